The van der Waals surface area contributed by atoms with E-state index in [0.717, 1.165) is 11.3 Å². The van der Waals surface area contributed by atoms with Crippen molar-refractivity contribution in [2.24, 2.45) is 4.99 Å². The number of halogens is 1. The van der Waals surface area contributed by atoms with Crippen LogP contribution in [0.5, 0.6) is 5.75 Å². The molecule has 0 bridgehead atoms. The van der Waals surface area contributed by atoms with Crippen LogP contribution in [0.2, 0.25) is 0 Å². The number of hydrogen-bond acceptors (Lipinski definition) is 5. The fraction of sp³-hybridized carbons (Fsp3) is 0. The van der Waals surface area contributed by atoms with Crippen LogP contribution in [0.25, 0.3) is 6.08 Å². The highest BCUT2D eigenvalue weighted by atomic mass is 79.9. The van der Waals surface area contributed by atoms with Crippen molar-refractivity contribution in [3.63, 3.8) is 0 Å². The van der Waals surface area contributed by atoms with Crippen molar-refractivity contribution >= 4 is 56.5 Å². The molecular formula is C23H15BrN2O3S. The van der Waals surface area contributed by atoms with Crippen LogP contribution in [-0.2, 0) is 4.79 Å². The minimum Gasteiger partial charge on any atom is -0.423 e. The molecule has 5 nitrogen and oxygen atoms in total. The summed E-state index contributed by atoms with van der Waals surface area (Å²) < 4.78 is 6.09. The number of ether oxygens (including phenoxy) is 1. The number of thioether (sulfide) groups is 1. The summed E-state index contributed by atoms with van der Waals surface area (Å²) >= 11 is 4.63. The second kappa shape index (κ2) is 9.11. The van der Waals surface area contributed by atoms with E-state index in [1.807, 2.05) is 36.4 Å². The Morgan fingerprint density at radius 1 is 0.967 bits per heavy atom. The highest BCUT2D eigenvalue weighted by molar-refractivity contribution is 9.10. The molecule has 3 aromatic rings. The summed E-state index contributed by atoms with van der Waals surface area (Å²) in [5.41, 5.74) is 2.04. The van der Waals surface area contributed by atoms with E-state index in [1.54, 1.807) is 48.5 Å². The number of carbonyl (C=O) groups is 2. The Morgan fingerprint density at radius 2 is 1.67 bits per heavy atom. The van der Waals surface area contributed by atoms with Crippen LogP contribution in [-0.4, -0.2) is 17.0 Å². The average Bonchev–Trinajstić information content (AvgIpc) is 3.09. The Bertz CT molecular complexity index is 1160. The minimum absolute atomic E-state index is 0.195. The average molecular weight is 479 g/mol. The van der Waals surface area contributed by atoms with E-state index in [9.17, 15) is 9.59 Å². The molecule has 148 valence electrons. The lowest BCUT2D eigenvalue weighted by atomic mass is 10.2. The van der Waals surface area contributed by atoms with Gasteiger partial charge in [0.2, 0.25) is 0 Å². The van der Waals surface area contributed by atoms with Crippen molar-refractivity contribution in [3.8, 4) is 5.75 Å². The van der Waals surface area contributed by atoms with Gasteiger partial charge < -0.3 is 10.1 Å². The quantitative estimate of drug-likeness (QED) is 0.302. The lowest BCUT2D eigenvalue weighted by Gasteiger charge is -2.06. The highest BCUT2D eigenvalue weighted by Gasteiger charge is 2.23. The summed E-state index contributed by atoms with van der Waals surface area (Å²) in [5.74, 6) is -0.215. The molecule has 0 atom stereocenters. The van der Waals surface area contributed by atoms with Crippen molar-refractivity contribution in [1.29, 1.82) is 0 Å². The van der Waals surface area contributed by atoms with Gasteiger partial charge in [0.25, 0.3) is 5.91 Å². The maximum atomic E-state index is 12.3. The monoisotopic (exact) mass is 478 g/mol. The molecule has 1 heterocycles. The second-order valence-electron chi connectivity index (χ2n) is 6.26. The van der Waals surface area contributed by atoms with Gasteiger partial charge in [-0.05, 0) is 75.7 Å². The molecule has 0 aliphatic carbocycles. The first kappa shape index (κ1) is 20.1. The molecule has 1 amide bonds. The summed E-state index contributed by atoms with van der Waals surface area (Å²) in [4.78, 5) is 29.5. The SMILES string of the molecule is O=C1NC(=Nc2ccccc2)S/C1=C\c1ccc(OC(=O)c2ccccc2Br)cc1. The number of benzene rings is 3. The second-order valence-corrected chi connectivity index (χ2v) is 8.14. The van der Waals surface area contributed by atoms with Crippen LogP contribution < -0.4 is 10.1 Å². The first-order chi connectivity index (χ1) is 14.6. The normalized spacial score (nSPS) is 16.0. The predicted octanol–water partition coefficient (Wildman–Crippen LogP) is 5.56. The molecule has 7 heteroatoms. The van der Waals surface area contributed by atoms with Gasteiger partial charge in [-0.1, -0.05) is 42.5 Å². The summed E-state index contributed by atoms with van der Waals surface area (Å²) in [5, 5.41) is 3.30. The fourth-order valence-electron chi connectivity index (χ4n) is 2.67. The Morgan fingerprint density at radius 3 is 2.40 bits per heavy atom. The number of nitrogens with zero attached hydrogens (tertiary/aromatic N) is 1. The van der Waals surface area contributed by atoms with Crippen LogP contribution >= 0.6 is 27.7 Å². The molecule has 1 saturated heterocycles. The first-order valence-corrected chi connectivity index (χ1v) is 10.6. The number of para-hydroxylation sites is 1. The van der Waals surface area contributed by atoms with Gasteiger partial charge in [-0.3, -0.25) is 4.79 Å². The number of rotatable bonds is 4. The third kappa shape index (κ3) is 4.87. The fourth-order valence-corrected chi connectivity index (χ4v) is 3.96. The predicted molar refractivity (Wildman–Crippen MR) is 123 cm³/mol. The van der Waals surface area contributed by atoms with Crippen molar-refractivity contribution in [1.82, 2.24) is 5.32 Å². The molecule has 0 unspecified atom stereocenters. The van der Waals surface area contributed by atoms with Crippen LogP contribution in [0.1, 0.15) is 15.9 Å². The van der Waals surface area contributed by atoms with Crippen LogP contribution in [0.4, 0.5) is 5.69 Å². The number of nitrogens with one attached hydrogen (secondary N) is 1. The first-order valence-electron chi connectivity index (χ1n) is 9.00. The van der Waals surface area contributed by atoms with Crippen molar-refractivity contribution in [2.45, 2.75) is 0 Å². The van der Waals surface area contributed by atoms with Gasteiger partial charge >= 0.3 is 5.97 Å². The lowest BCUT2D eigenvalue weighted by molar-refractivity contribution is -0.115. The number of aliphatic imine (C=N–C) groups is 1. The molecule has 1 N–H and O–H groups in total. The summed E-state index contributed by atoms with van der Waals surface area (Å²) in [6.07, 6.45) is 1.77. The molecule has 4 rings (SSSR count). The molecule has 0 radical (unpaired) electrons. The van der Waals surface area contributed by atoms with Crippen molar-refractivity contribution in [3.05, 3.63) is 99.4 Å². The molecule has 30 heavy (non-hydrogen) atoms. The Hall–Kier alpha value is -3.16. The third-order valence-corrected chi connectivity index (χ3v) is 5.72. The van der Waals surface area contributed by atoms with Crippen LogP contribution in [0, 0.1) is 0 Å². The van der Waals surface area contributed by atoms with Gasteiger partial charge in [-0.2, -0.15) is 0 Å². The topological polar surface area (TPSA) is 67.8 Å². The molecule has 1 aliphatic rings. The van der Waals surface area contributed by atoms with Gasteiger partial charge in [0.1, 0.15) is 5.75 Å². The van der Waals surface area contributed by atoms with Gasteiger partial charge in [0.15, 0.2) is 5.17 Å². The summed E-state index contributed by atoms with van der Waals surface area (Å²) in [6.45, 7) is 0. The van der Waals surface area contributed by atoms with E-state index >= 15 is 0 Å². The van der Waals surface area contributed by atoms with E-state index < -0.39 is 5.97 Å². The van der Waals surface area contributed by atoms with Gasteiger partial charge in [-0.25, -0.2) is 9.79 Å². The minimum atomic E-state index is -0.443. The van der Waals surface area contributed by atoms with Gasteiger partial charge in [-0.15, -0.1) is 0 Å². The van der Waals surface area contributed by atoms with Crippen LogP contribution in [0.15, 0.2) is 93.2 Å². The zero-order chi connectivity index (χ0) is 20.9. The summed E-state index contributed by atoms with van der Waals surface area (Å²) in [7, 11) is 0. The molecule has 0 aromatic heterocycles. The van der Waals surface area contributed by atoms with Crippen LogP contribution in [0.3, 0.4) is 0 Å². The van der Waals surface area contributed by atoms with E-state index in [4.69, 9.17) is 4.74 Å². The van der Waals surface area contributed by atoms with Gasteiger partial charge in [0.05, 0.1) is 16.2 Å². The van der Waals surface area contributed by atoms with E-state index in [2.05, 4.69) is 26.2 Å². The lowest BCUT2D eigenvalue weighted by Crippen LogP contribution is -2.19. The maximum absolute atomic E-state index is 12.3. The van der Waals surface area contributed by atoms with E-state index in [-0.39, 0.29) is 5.91 Å². The zero-order valence-electron chi connectivity index (χ0n) is 15.5. The number of amidine groups is 1. The summed E-state index contributed by atoms with van der Waals surface area (Å²) in [6, 6.07) is 23.5. The molecule has 0 spiro atoms. The molecular weight excluding hydrogens is 464 g/mol. The standard InChI is InChI=1S/C23H15BrN2O3S/c24-19-9-5-4-8-18(19)22(28)29-17-12-10-15(11-13-17)14-20-21(27)26-23(30-20)25-16-6-2-1-3-7-16/h1-14H,(H,25,26,27)/b20-14-. The van der Waals surface area contributed by atoms with Gasteiger partial charge in [0, 0.05) is 4.47 Å². The molecule has 1 aliphatic heterocycles. The highest BCUT2D eigenvalue weighted by Crippen LogP contribution is 2.28. The van der Waals surface area contributed by atoms with E-state index in [0.29, 0.717) is 25.9 Å². The largest absolute Gasteiger partial charge is 0.423 e. The maximum Gasteiger partial charge on any atom is 0.344 e. The number of amides is 1. The Kier molecular flexibility index (Phi) is 6.11. The number of hydrogen-bond donors (Lipinski definition) is 1. The molecule has 0 saturated carbocycles. The molecule has 1 fully saturated rings. The zero-order valence-corrected chi connectivity index (χ0v) is 17.9. The number of carbonyl (C=O) groups excluding carboxylic acids is 2. The van der Waals surface area contributed by atoms with E-state index in [1.165, 1.54) is 11.8 Å². The Balaban J connectivity index is 1.45. The smallest absolute Gasteiger partial charge is 0.344 e. The van der Waals surface area contributed by atoms with Crippen molar-refractivity contribution in [2.75, 3.05) is 0 Å². The van der Waals surface area contributed by atoms with Crippen molar-refractivity contribution < 1.29 is 14.3 Å². The number of esters is 1. The molecule has 3 aromatic carbocycles. The Labute approximate surface area is 186 Å². The third-order valence-electron chi connectivity index (χ3n) is 4.12.